The Morgan fingerprint density at radius 3 is 2.28 bits per heavy atom. The third-order valence-electron chi connectivity index (χ3n) is 3.73. The maximum Gasteiger partial charge on any atom is 0.400 e. The van der Waals surface area contributed by atoms with Gasteiger partial charge in [0.05, 0.1) is 19.1 Å². The molecule has 8 heteroatoms. The van der Waals surface area contributed by atoms with E-state index in [0.717, 1.165) is 5.56 Å². The number of ether oxygens (including phenoxy) is 1. The fraction of sp³-hybridized carbons (Fsp3) is 0.529. The van der Waals surface area contributed by atoms with Crippen molar-refractivity contribution in [2.75, 3.05) is 7.11 Å². The van der Waals surface area contributed by atoms with Gasteiger partial charge in [-0.3, -0.25) is 9.59 Å². The molecular formula is C17H26NO6P. The lowest BCUT2D eigenvalue weighted by atomic mass is 9.90. The molecule has 0 bridgehead atoms. The molecule has 0 aliphatic heterocycles. The first-order valence-corrected chi connectivity index (χ1v) is 9.71. The lowest BCUT2D eigenvalue weighted by Crippen LogP contribution is -2.38. The molecule has 0 saturated heterocycles. The van der Waals surface area contributed by atoms with E-state index in [1.807, 2.05) is 44.2 Å². The molecule has 140 valence electrons. The van der Waals surface area contributed by atoms with Crippen molar-refractivity contribution in [2.45, 2.75) is 39.2 Å². The highest BCUT2D eigenvalue weighted by Gasteiger charge is 2.31. The molecule has 0 spiro atoms. The minimum atomic E-state index is -4.56. The number of carbonyl (C=O) groups is 2. The van der Waals surface area contributed by atoms with Crippen LogP contribution >= 0.6 is 7.75 Å². The van der Waals surface area contributed by atoms with E-state index in [1.165, 1.54) is 7.11 Å². The van der Waals surface area contributed by atoms with E-state index in [1.54, 1.807) is 0 Å². The zero-order valence-corrected chi connectivity index (χ0v) is 15.6. The molecule has 0 radical (unpaired) electrons. The molecule has 0 amide bonds. The Labute approximate surface area is 148 Å². The zero-order valence-electron chi connectivity index (χ0n) is 14.7. The third-order valence-corrected chi connectivity index (χ3v) is 4.37. The molecule has 7 nitrogen and oxygen atoms in total. The molecule has 0 heterocycles. The van der Waals surface area contributed by atoms with E-state index in [-0.39, 0.29) is 18.8 Å². The third kappa shape index (κ3) is 8.40. The summed E-state index contributed by atoms with van der Waals surface area (Å²) in [7, 11) is -3.31. The summed E-state index contributed by atoms with van der Waals surface area (Å²) in [6, 6.07) is 8.21. The van der Waals surface area contributed by atoms with Crippen LogP contribution in [0.5, 0.6) is 0 Å². The molecule has 0 aromatic heterocycles. The van der Waals surface area contributed by atoms with Gasteiger partial charge in [-0.25, -0.2) is 9.65 Å². The first-order valence-electron chi connectivity index (χ1n) is 8.10. The monoisotopic (exact) mass is 371 g/mol. The molecule has 0 saturated carbocycles. The Morgan fingerprint density at radius 1 is 1.20 bits per heavy atom. The lowest BCUT2D eigenvalue weighted by Gasteiger charge is -2.22. The fourth-order valence-corrected chi connectivity index (χ4v) is 3.28. The quantitative estimate of drug-likeness (QED) is 0.426. The predicted octanol–water partition coefficient (Wildman–Crippen LogP) is 2.07. The average Bonchev–Trinajstić information content (AvgIpc) is 2.52. The van der Waals surface area contributed by atoms with Crippen LogP contribution in [0, 0.1) is 11.8 Å². The van der Waals surface area contributed by atoms with Crippen molar-refractivity contribution in [3.05, 3.63) is 35.9 Å². The molecule has 2 atom stereocenters. The van der Waals surface area contributed by atoms with Crippen molar-refractivity contribution in [3.63, 3.8) is 0 Å². The molecule has 1 aromatic rings. The van der Waals surface area contributed by atoms with Gasteiger partial charge in [0.1, 0.15) is 0 Å². The predicted molar refractivity (Wildman–Crippen MR) is 93.7 cm³/mol. The summed E-state index contributed by atoms with van der Waals surface area (Å²) in [6.45, 7) is 3.70. The van der Waals surface area contributed by atoms with Crippen LogP contribution in [-0.2, 0) is 25.3 Å². The molecular weight excluding hydrogens is 345 g/mol. The van der Waals surface area contributed by atoms with Crippen molar-refractivity contribution in [1.82, 2.24) is 5.09 Å². The second kappa shape index (κ2) is 9.82. The van der Waals surface area contributed by atoms with Crippen LogP contribution < -0.4 is 5.09 Å². The second-order valence-electron chi connectivity index (χ2n) is 6.44. The van der Waals surface area contributed by atoms with Crippen LogP contribution in [0.1, 0.15) is 32.3 Å². The molecule has 1 rings (SSSR count). The van der Waals surface area contributed by atoms with Gasteiger partial charge >= 0.3 is 13.7 Å². The van der Waals surface area contributed by atoms with E-state index in [4.69, 9.17) is 14.5 Å². The number of rotatable bonds is 10. The number of Topliss-reactive ketones (excluding diaryl/α,β-unsaturated/α-hetero) is 1. The van der Waals surface area contributed by atoms with Crippen LogP contribution in [0.3, 0.4) is 0 Å². The Bertz CT molecular complexity index is 613. The van der Waals surface area contributed by atoms with Gasteiger partial charge in [0, 0.05) is 6.42 Å². The minimum Gasteiger partial charge on any atom is -0.469 e. The Balaban J connectivity index is 2.89. The lowest BCUT2D eigenvalue weighted by molar-refractivity contribution is -0.147. The van der Waals surface area contributed by atoms with Crippen LogP contribution in [0.2, 0.25) is 0 Å². The number of ketones is 1. The van der Waals surface area contributed by atoms with Crippen molar-refractivity contribution >= 4 is 19.5 Å². The summed E-state index contributed by atoms with van der Waals surface area (Å²) in [4.78, 5) is 42.9. The van der Waals surface area contributed by atoms with Crippen molar-refractivity contribution < 1.29 is 28.7 Å². The highest BCUT2D eigenvalue weighted by molar-refractivity contribution is 7.49. The Kier molecular flexibility index (Phi) is 8.45. The standard InChI is InChI=1S/C17H26NO6P/c1-12(2)9-15(18-25(21,22)23)16(19)11-14(17(20)24-3)10-13-7-5-4-6-8-13/h4-8,12,14-15H,9-11H2,1-3H3,(H3,18,21,22,23)/t14?,15-/m0/s1. The van der Waals surface area contributed by atoms with Crippen LogP contribution in [-0.4, -0.2) is 34.7 Å². The van der Waals surface area contributed by atoms with Crippen LogP contribution in [0.25, 0.3) is 0 Å². The molecule has 25 heavy (non-hydrogen) atoms. The van der Waals surface area contributed by atoms with Gasteiger partial charge in [0.25, 0.3) is 0 Å². The van der Waals surface area contributed by atoms with Gasteiger partial charge in [-0.2, -0.15) is 0 Å². The largest absolute Gasteiger partial charge is 0.469 e. The number of benzene rings is 1. The molecule has 1 aromatic carbocycles. The first kappa shape index (κ1) is 21.5. The van der Waals surface area contributed by atoms with Crippen molar-refractivity contribution in [2.24, 2.45) is 11.8 Å². The second-order valence-corrected chi connectivity index (χ2v) is 7.78. The first-order chi connectivity index (χ1) is 11.6. The summed E-state index contributed by atoms with van der Waals surface area (Å²) in [6.07, 6.45) is 0.443. The number of hydrogen-bond acceptors (Lipinski definition) is 4. The number of carbonyl (C=O) groups excluding carboxylic acids is 2. The Morgan fingerprint density at radius 2 is 1.80 bits per heavy atom. The normalized spacial score (nSPS) is 14.2. The number of nitrogens with one attached hydrogen (secondary N) is 1. The van der Waals surface area contributed by atoms with Gasteiger partial charge < -0.3 is 14.5 Å². The summed E-state index contributed by atoms with van der Waals surface area (Å²) < 4.78 is 16.0. The number of methoxy groups -OCH3 is 1. The number of hydrogen-bond donors (Lipinski definition) is 3. The van der Waals surface area contributed by atoms with E-state index in [9.17, 15) is 14.2 Å². The maximum absolute atomic E-state index is 12.6. The van der Waals surface area contributed by atoms with Crippen LogP contribution in [0.15, 0.2) is 30.3 Å². The average molecular weight is 371 g/mol. The topological polar surface area (TPSA) is 113 Å². The SMILES string of the molecule is COC(=O)C(CC(=O)[C@H](CC(C)C)NP(=O)(O)O)Cc1ccccc1. The summed E-state index contributed by atoms with van der Waals surface area (Å²) in [5.41, 5.74) is 0.883. The summed E-state index contributed by atoms with van der Waals surface area (Å²) in [5, 5.41) is 2.08. The zero-order chi connectivity index (χ0) is 19.0. The summed E-state index contributed by atoms with van der Waals surface area (Å²) in [5.74, 6) is -1.58. The van der Waals surface area contributed by atoms with E-state index in [0.29, 0.717) is 6.42 Å². The minimum absolute atomic E-state index is 0.0544. The molecule has 0 aliphatic rings. The molecule has 1 unspecified atom stereocenters. The van der Waals surface area contributed by atoms with E-state index in [2.05, 4.69) is 5.09 Å². The van der Waals surface area contributed by atoms with Gasteiger partial charge in [0.15, 0.2) is 5.78 Å². The van der Waals surface area contributed by atoms with Crippen molar-refractivity contribution in [3.8, 4) is 0 Å². The molecule has 0 aliphatic carbocycles. The highest BCUT2D eigenvalue weighted by Crippen LogP contribution is 2.31. The Hall–Kier alpha value is -1.53. The smallest absolute Gasteiger partial charge is 0.400 e. The molecule has 3 N–H and O–H groups in total. The summed E-state index contributed by atoms with van der Waals surface area (Å²) >= 11 is 0. The highest BCUT2D eigenvalue weighted by atomic mass is 31.2. The fourth-order valence-electron chi connectivity index (χ4n) is 2.62. The van der Waals surface area contributed by atoms with Gasteiger partial charge in [-0.15, -0.1) is 0 Å². The van der Waals surface area contributed by atoms with Gasteiger partial charge in [-0.1, -0.05) is 44.2 Å². The molecule has 0 fully saturated rings. The van der Waals surface area contributed by atoms with Crippen LogP contribution in [0.4, 0.5) is 0 Å². The number of esters is 1. The van der Waals surface area contributed by atoms with Gasteiger partial charge in [0.2, 0.25) is 0 Å². The van der Waals surface area contributed by atoms with E-state index < -0.39 is 31.5 Å². The van der Waals surface area contributed by atoms with Crippen molar-refractivity contribution in [1.29, 1.82) is 0 Å². The van der Waals surface area contributed by atoms with Gasteiger partial charge in [-0.05, 0) is 24.3 Å². The van der Waals surface area contributed by atoms with E-state index >= 15 is 0 Å². The maximum atomic E-state index is 12.6.